The smallest absolute Gasteiger partial charge is 0.243 e. The van der Waals surface area contributed by atoms with Crippen LogP contribution < -0.4 is 5.32 Å². The first-order valence-electron chi connectivity index (χ1n) is 6.14. The average molecular weight is 321 g/mol. The van der Waals surface area contributed by atoms with Gasteiger partial charge in [0.2, 0.25) is 10.0 Å². The Morgan fingerprint density at radius 2 is 1.74 bits per heavy atom. The number of rotatable bonds is 2. The number of benzene rings is 1. The fourth-order valence-electron chi connectivity index (χ4n) is 2.79. The van der Waals surface area contributed by atoms with Crippen LogP contribution in [0.4, 0.5) is 0 Å². The quantitative estimate of drug-likeness (QED) is 0.904. The predicted octanol–water partition coefficient (Wildman–Crippen LogP) is 1.83. The van der Waals surface area contributed by atoms with Gasteiger partial charge in [0.1, 0.15) is 0 Å². The van der Waals surface area contributed by atoms with Gasteiger partial charge >= 0.3 is 0 Å². The third-order valence-corrected chi connectivity index (χ3v) is 6.45. The Bertz CT molecular complexity index is 594. The lowest BCUT2D eigenvalue weighted by Crippen LogP contribution is -2.31. The zero-order chi connectivity index (χ0) is 13.6. The Hall–Kier alpha value is -0.330. The molecule has 0 amide bonds. The van der Waals surface area contributed by atoms with Crippen molar-refractivity contribution in [3.63, 3.8) is 0 Å². The fraction of sp³-hybridized carbons (Fsp3) is 0.500. The molecule has 0 aliphatic carbocycles. The molecule has 0 aromatic heterocycles. The molecule has 7 heteroatoms. The molecule has 0 radical (unpaired) electrons. The lowest BCUT2D eigenvalue weighted by Gasteiger charge is -2.17. The number of fused-ring (bicyclic) bond motifs is 1. The molecule has 1 aromatic carbocycles. The van der Waals surface area contributed by atoms with Crippen molar-refractivity contribution in [2.45, 2.75) is 4.90 Å². The van der Waals surface area contributed by atoms with Gasteiger partial charge < -0.3 is 5.32 Å². The van der Waals surface area contributed by atoms with Crippen LogP contribution in [-0.2, 0) is 10.0 Å². The third kappa shape index (κ3) is 2.38. The maximum Gasteiger partial charge on any atom is 0.243 e. The zero-order valence-corrected chi connectivity index (χ0v) is 12.5. The highest BCUT2D eigenvalue weighted by Gasteiger charge is 2.41. The Morgan fingerprint density at radius 3 is 2.32 bits per heavy atom. The van der Waals surface area contributed by atoms with Gasteiger partial charge in [0.15, 0.2) is 0 Å². The molecule has 2 saturated heterocycles. The van der Waals surface area contributed by atoms with E-state index in [1.54, 1.807) is 4.31 Å². The first-order valence-corrected chi connectivity index (χ1v) is 8.34. The second kappa shape index (κ2) is 4.90. The summed E-state index contributed by atoms with van der Waals surface area (Å²) in [7, 11) is -3.46. The van der Waals surface area contributed by atoms with Crippen molar-refractivity contribution in [2.75, 3.05) is 26.2 Å². The molecule has 1 N–H and O–H groups in total. The lowest BCUT2D eigenvalue weighted by molar-refractivity contribution is 0.448. The molecule has 3 rings (SSSR count). The molecule has 19 heavy (non-hydrogen) atoms. The largest absolute Gasteiger partial charge is 0.316 e. The number of nitrogens with zero attached hydrogens (tertiary/aromatic N) is 1. The van der Waals surface area contributed by atoms with Crippen molar-refractivity contribution in [2.24, 2.45) is 11.8 Å². The molecule has 4 nitrogen and oxygen atoms in total. The Balaban J connectivity index is 1.88. The topological polar surface area (TPSA) is 49.4 Å². The molecule has 2 heterocycles. The van der Waals surface area contributed by atoms with E-state index in [0.29, 0.717) is 29.9 Å². The first kappa shape index (κ1) is 13.6. The summed E-state index contributed by atoms with van der Waals surface area (Å²) in [6, 6.07) is 4.46. The molecule has 2 aliphatic heterocycles. The van der Waals surface area contributed by atoms with Crippen molar-refractivity contribution < 1.29 is 8.42 Å². The molecular weight excluding hydrogens is 307 g/mol. The molecule has 104 valence electrons. The average Bonchev–Trinajstić information content (AvgIpc) is 2.93. The third-order valence-electron chi connectivity index (χ3n) is 3.88. The van der Waals surface area contributed by atoms with E-state index in [1.165, 1.54) is 18.2 Å². The molecule has 0 bridgehead atoms. The van der Waals surface area contributed by atoms with Gasteiger partial charge in [-0.3, -0.25) is 0 Å². The van der Waals surface area contributed by atoms with E-state index in [2.05, 4.69) is 5.32 Å². The molecule has 0 saturated carbocycles. The maximum absolute atomic E-state index is 12.5. The Labute approximate surface area is 122 Å². The first-order chi connectivity index (χ1) is 8.98. The molecule has 2 atom stereocenters. The van der Waals surface area contributed by atoms with Gasteiger partial charge in [-0.15, -0.1) is 0 Å². The standard InChI is InChI=1S/C12H14Cl2N2O2S/c13-11-2-1-10(3-12(11)14)19(17,18)16-6-8-4-15-5-9(8)7-16/h1-3,8-9,15H,4-7H2/t8-,9+. The summed E-state index contributed by atoms with van der Waals surface area (Å²) in [5.74, 6) is 0.857. The van der Waals surface area contributed by atoms with Crippen LogP contribution in [0.1, 0.15) is 0 Å². The van der Waals surface area contributed by atoms with E-state index < -0.39 is 10.0 Å². The molecule has 2 fully saturated rings. The van der Waals surface area contributed by atoms with Crippen LogP contribution >= 0.6 is 23.2 Å². The molecule has 2 aliphatic rings. The highest BCUT2D eigenvalue weighted by Crippen LogP contribution is 2.32. The highest BCUT2D eigenvalue weighted by atomic mass is 35.5. The number of halogens is 2. The van der Waals surface area contributed by atoms with Crippen molar-refractivity contribution in [3.05, 3.63) is 28.2 Å². The van der Waals surface area contributed by atoms with Crippen LogP contribution in [0.25, 0.3) is 0 Å². The number of hydrogen-bond donors (Lipinski definition) is 1. The fourth-order valence-corrected chi connectivity index (χ4v) is 4.74. The van der Waals surface area contributed by atoms with Gasteiger partial charge in [-0.05, 0) is 43.1 Å². The van der Waals surface area contributed by atoms with Crippen LogP contribution in [0.15, 0.2) is 23.1 Å². The van der Waals surface area contributed by atoms with E-state index in [4.69, 9.17) is 23.2 Å². The van der Waals surface area contributed by atoms with Gasteiger partial charge in [0.05, 0.1) is 14.9 Å². The number of nitrogens with one attached hydrogen (secondary N) is 1. The summed E-state index contributed by atoms with van der Waals surface area (Å²) in [4.78, 5) is 0.217. The minimum Gasteiger partial charge on any atom is -0.316 e. The highest BCUT2D eigenvalue weighted by molar-refractivity contribution is 7.89. The Kier molecular flexibility index (Phi) is 3.52. The van der Waals surface area contributed by atoms with Crippen molar-refractivity contribution in [1.29, 1.82) is 0 Å². The minimum atomic E-state index is -3.46. The number of sulfonamides is 1. The summed E-state index contributed by atoms with van der Waals surface area (Å²) < 4.78 is 26.6. The van der Waals surface area contributed by atoms with E-state index in [-0.39, 0.29) is 9.92 Å². The molecule has 0 spiro atoms. The van der Waals surface area contributed by atoms with Gasteiger partial charge in [0.25, 0.3) is 0 Å². The van der Waals surface area contributed by atoms with Crippen LogP contribution in [0.5, 0.6) is 0 Å². The van der Waals surface area contributed by atoms with Crippen LogP contribution in [0.3, 0.4) is 0 Å². The van der Waals surface area contributed by atoms with Gasteiger partial charge in [-0.1, -0.05) is 23.2 Å². The van der Waals surface area contributed by atoms with Crippen molar-refractivity contribution in [1.82, 2.24) is 9.62 Å². The second-order valence-electron chi connectivity index (χ2n) is 5.08. The molecule has 0 unspecified atom stereocenters. The second-order valence-corrected chi connectivity index (χ2v) is 7.83. The normalized spacial score (nSPS) is 27.7. The van der Waals surface area contributed by atoms with E-state index in [9.17, 15) is 8.42 Å². The monoisotopic (exact) mass is 320 g/mol. The van der Waals surface area contributed by atoms with Crippen LogP contribution in [-0.4, -0.2) is 38.9 Å². The van der Waals surface area contributed by atoms with E-state index in [1.807, 2.05) is 0 Å². The van der Waals surface area contributed by atoms with Gasteiger partial charge in [-0.25, -0.2) is 8.42 Å². The summed E-state index contributed by atoms with van der Waals surface area (Å²) >= 11 is 11.7. The van der Waals surface area contributed by atoms with Crippen molar-refractivity contribution in [3.8, 4) is 0 Å². The van der Waals surface area contributed by atoms with Gasteiger partial charge in [0, 0.05) is 13.1 Å². The van der Waals surface area contributed by atoms with Crippen molar-refractivity contribution >= 4 is 33.2 Å². The summed E-state index contributed by atoms with van der Waals surface area (Å²) in [6.07, 6.45) is 0. The SMILES string of the molecule is O=S(=O)(c1ccc(Cl)c(Cl)c1)N1C[C@H]2CNC[C@H]2C1. The minimum absolute atomic E-state index is 0.217. The zero-order valence-electron chi connectivity index (χ0n) is 10.1. The predicted molar refractivity (Wildman–Crippen MR) is 75.1 cm³/mol. The Morgan fingerprint density at radius 1 is 1.11 bits per heavy atom. The summed E-state index contributed by atoms with van der Waals surface area (Å²) in [5, 5.41) is 3.92. The maximum atomic E-state index is 12.5. The van der Waals surface area contributed by atoms with Crippen LogP contribution in [0.2, 0.25) is 10.0 Å². The lowest BCUT2D eigenvalue weighted by atomic mass is 10.0. The molecule has 1 aromatic rings. The number of hydrogen-bond acceptors (Lipinski definition) is 3. The molecular formula is C12H14Cl2N2O2S. The van der Waals surface area contributed by atoms with E-state index >= 15 is 0 Å². The van der Waals surface area contributed by atoms with Gasteiger partial charge in [-0.2, -0.15) is 4.31 Å². The summed E-state index contributed by atoms with van der Waals surface area (Å²) in [5.41, 5.74) is 0. The van der Waals surface area contributed by atoms with Crippen LogP contribution in [0, 0.1) is 11.8 Å². The summed E-state index contributed by atoms with van der Waals surface area (Å²) in [6.45, 7) is 2.97. The van der Waals surface area contributed by atoms with E-state index in [0.717, 1.165) is 13.1 Å².